The van der Waals surface area contributed by atoms with Gasteiger partial charge in [0, 0.05) is 25.7 Å². The Bertz CT molecular complexity index is 360. The fourth-order valence-electron chi connectivity index (χ4n) is 1.84. The molecule has 72 valence electrons. The number of nitrogens with zero attached hydrogens (tertiary/aromatic N) is 1. The van der Waals surface area contributed by atoms with Gasteiger partial charge in [0.15, 0.2) is 0 Å². The van der Waals surface area contributed by atoms with E-state index < -0.39 is 0 Å². The van der Waals surface area contributed by atoms with Gasteiger partial charge < -0.3 is 4.90 Å². The van der Waals surface area contributed by atoms with Gasteiger partial charge in [0.2, 0.25) is 0 Å². The Morgan fingerprint density at radius 3 is 2.43 bits per heavy atom. The topological polar surface area (TPSA) is 3.24 Å². The van der Waals surface area contributed by atoms with Crippen LogP contribution in [0, 0.1) is 0 Å². The van der Waals surface area contributed by atoms with Crippen molar-refractivity contribution in [2.24, 2.45) is 0 Å². The molecule has 1 aromatic rings. The predicted octanol–water partition coefficient (Wildman–Crippen LogP) is 2.79. The van der Waals surface area contributed by atoms with E-state index in [2.05, 4.69) is 67.6 Å². The quantitative estimate of drug-likeness (QED) is 0.684. The Morgan fingerprint density at radius 2 is 1.79 bits per heavy atom. The van der Waals surface area contributed by atoms with Crippen molar-refractivity contribution in [2.75, 3.05) is 14.1 Å². The lowest BCUT2D eigenvalue weighted by atomic mass is 9.98. The fourth-order valence-corrected chi connectivity index (χ4v) is 1.84. The lowest BCUT2D eigenvalue weighted by Gasteiger charge is -2.21. The highest BCUT2D eigenvalue weighted by Gasteiger charge is 2.17. The summed E-state index contributed by atoms with van der Waals surface area (Å²) in [7, 11) is 4.18. The Hall–Kier alpha value is -1.50. The van der Waals surface area contributed by atoms with Crippen molar-refractivity contribution >= 4 is 0 Å². The monoisotopic (exact) mass is 185 g/mol. The van der Waals surface area contributed by atoms with Gasteiger partial charge in [0.1, 0.15) is 0 Å². The molecule has 0 bridgehead atoms. The standard InChI is InChI=1S/C13H15N/c1-14(2)13-10-6-9-12(13)11-7-4-3-5-8-11/h3-10,12H,1-2H3. The van der Waals surface area contributed by atoms with Crippen LogP contribution in [0.1, 0.15) is 11.5 Å². The van der Waals surface area contributed by atoms with Gasteiger partial charge in [-0.05, 0) is 11.6 Å². The molecular weight excluding hydrogens is 170 g/mol. The molecule has 1 unspecified atom stereocenters. The van der Waals surface area contributed by atoms with Crippen molar-refractivity contribution in [2.45, 2.75) is 5.92 Å². The Kier molecular flexibility index (Phi) is 2.40. The van der Waals surface area contributed by atoms with E-state index >= 15 is 0 Å². The number of hydrogen-bond donors (Lipinski definition) is 0. The third-order valence-electron chi connectivity index (χ3n) is 2.56. The first-order valence-corrected chi connectivity index (χ1v) is 4.89. The Balaban J connectivity index is 2.29. The van der Waals surface area contributed by atoms with Crippen LogP contribution in [0.5, 0.6) is 0 Å². The molecule has 0 aromatic heterocycles. The van der Waals surface area contributed by atoms with Crippen molar-refractivity contribution in [1.82, 2.24) is 4.90 Å². The fraction of sp³-hybridized carbons (Fsp3) is 0.231. The molecule has 1 nitrogen and oxygen atoms in total. The average molecular weight is 185 g/mol. The number of allylic oxidation sites excluding steroid dienone is 3. The number of benzene rings is 1. The van der Waals surface area contributed by atoms with Crippen LogP contribution in [0.25, 0.3) is 0 Å². The summed E-state index contributed by atoms with van der Waals surface area (Å²) in [5.74, 6) is 0.436. The molecule has 1 aliphatic rings. The molecule has 14 heavy (non-hydrogen) atoms. The first kappa shape index (κ1) is 9.07. The number of likely N-dealkylation sites (N-methyl/N-ethyl adjacent to an activating group) is 1. The zero-order valence-electron chi connectivity index (χ0n) is 8.64. The molecule has 0 saturated carbocycles. The molecule has 0 fully saturated rings. The highest BCUT2D eigenvalue weighted by Crippen LogP contribution is 2.30. The molecule has 0 aliphatic heterocycles. The van der Waals surface area contributed by atoms with E-state index in [1.807, 2.05) is 0 Å². The number of hydrogen-bond acceptors (Lipinski definition) is 1. The summed E-state index contributed by atoms with van der Waals surface area (Å²) in [6, 6.07) is 10.6. The molecule has 0 heterocycles. The second-order valence-corrected chi connectivity index (χ2v) is 3.76. The van der Waals surface area contributed by atoms with Crippen molar-refractivity contribution in [1.29, 1.82) is 0 Å². The molecule has 2 rings (SSSR count). The summed E-state index contributed by atoms with van der Waals surface area (Å²) in [5.41, 5.74) is 2.72. The van der Waals surface area contributed by atoms with Crippen molar-refractivity contribution in [3.05, 3.63) is 59.8 Å². The second-order valence-electron chi connectivity index (χ2n) is 3.76. The van der Waals surface area contributed by atoms with Crippen molar-refractivity contribution in [3.63, 3.8) is 0 Å². The van der Waals surface area contributed by atoms with Crippen LogP contribution in [0.3, 0.4) is 0 Å². The summed E-state index contributed by atoms with van der Waals surface area (Å²) in [6.45, 7) is 0. The summed E-state index contributed by atoms with van der Waals surface area (Å²) in [4.78, 5) is 2.18. The summed E-state index contributed by atoms with van der Waals surface area (Å²) in [6.07, 6.45) is 6.55. The van der Waals surface area contributed by atoms with Gasteiger partial charge in [-0.3, -0.25) is 0 Å². The Labute approximate surface area is 85.4 Å². The van der Waals surface area contributed by atoms with Crippen LogP contribution >= 0.6 is 0 Å². The highest BCUT2D eigenvalue weighted by atomic mass is 15.1. The lowest BCUT2D eigenvalue weighted by molar-refractivity contribution is 0.487. The molecule has 1 aliphatic carbocycles. The molecular formula is C13H15N. The smallest absolute Gasteiger partial charge is 0.0422 e. The Morgan fingerprint density at radius 1 is 1.07 bits per heavy atom. The van der Waals surface area contributed by atoms with E-state index in [4.69, 9.17) is 0 Å². The zero-order chi connectivity index (χ0) is 9.97. The summed E-state index contributed by atoms with van der Waals surface area (Å²) < 4.78 is 0. The molecule has 0 spiro atoms. The van der Waals surface area contributed by atoms with Crippen LogP contribution in [0.4, 0.5) is 0 Å². The maximum absolute atomic E-state index is 2.24. The van der Waals surface area contributed by atoms with E-state index in [9.17, 15) is 0 Å². The first-order valence-electron chi connectivity index (χ1n) is 4.89. The van der Waals surface area contributed by atoms with Crippen molar-refractivity contribution in [3.8, 4) is 0 Å². The predicted molar refractivity (Wildman–Crippen MR) is 60.1 cm³/mol. The van der Waals surface area contributed by atoms with Gasteiger partial charge in [-0.25, -0.2) is 0 Å². The molecule has 0 N–H and O–H groups in total. The van der Waals surface area contributed by atoms with Gasteiger partial charge in [-0.2, -0.15) is 0 Å². The van der Waals surface area contributed by atoms with Gasteiger partial charge >= 0.3 is 0 Å². The lowest BCUT2D eigenvalue weighted by Crippen LogP contribution is -2.15. The minimum atomic E-state index is 0.436. The molecule has 1 atom stereocenters. The maximum atomic E-state index is 2.24. The maximum Gasteiger partial charge on any atom is 0.0422 e. The molecule has 1 heteroatoms. The first-order chi connectivity index (χ1) is 6.79. The number of rotatable bonds is 2. The van der Waals surface area contributed by atoms with Crippen LogP contribution in [0.15, 0.2) is 54.3 Å². The normalized spacial score (nSPS) is 19.6. The van der Waals surface area contributed by atoms with E-state index in [-0.39, 0.29) is 0 Å². The van der Waals surface area contributed by atoms with Crippen LogP contribution < -0.4 is 0 Å². The van der Waals surface area contributed by atoms with E-state index in [1.165, 1.54) is 11.3 Å². The minimum absolute atomic E-state index is 0.436. The molecule has 0 amide bonds. The van der Waals surface area contributed by atoms with Gasteiger partial charge in [0.25, 0.3) is 0 Å². The van der Waals surface area contributed by atoms with Gasteiger partial charge in [-0.15, -0.1) is 0 Å². The zero-order valence-corrected chi connectivity index (χ0v) is 8.64. The van der Waals surface area contributed by atoms with Gasteiger partial charge in [-0.1, -0.05) is 42.5 Å². The van der Waals surface area contributed by atoms with E-state index in [1.54, 1.807) is 0 Å². The second kappa shape index (κ2) is 3.70. The van der Waals surface area contributed by atoms with E-state index in [0.717, 1.165) is 0 Å². The third kappa shape index (κ3) is 1.58. The molecule has 1 aromatic carbocycles. The highest BCUT2D eigenvalue weighted by molar-refractivity contribution is 5.39. The van der Waals surface area contributed by atoms with Crippen LogP contribution in [-0.2, 0) is 0 Å². The minimum Gasteiger partial charge on any atom is -0.380 e. The third-order valence-corrected chi connectivity index (χ3v) is 2.56. The summed E-state index contributed by atoms with van der Waals surface area (Å²) in [5, 5.41) is 0. The molecule has 0 radical (unpaired) electrons. The SMILES string of the molecule is CN(C)C1=CC=CC1c1ccccc1. The summed E-state index contributed by atoms with van der Waals surface area (Å²) >= 11 is 0. The molecule has 0 saturated heterocycles. The van der Waals surface area contributed by atoms with Crippen LogP contribution in [-0.4, -0.2) is 19.0 Å². The van der Waals surface area contributed by atoms with Gasteiger partial charge in [0.05, 0.1) is 0 Å². The van der Waals surface area contributed by atoms with Crippen molar-refractivity contribution < 1.29 is 0 Å². The van der Waals surface area contributed by atoms with Crippen LogP contribution in [0.2, 0.25) is 0 Å². The average Bonchev–Trinajstić information content (AvgIpc) is 2.67. The van der Waals surface area contributed by atoms with E-state index in [0.29, 0.717) is 5.92 Å². The largest absolute Gasteiger partial charge is 0.380 e.